The SMILES string of the molecule is C[OH+]c1ccccc1C[O][Al-]([CH3])[CH3]. The number of hydrogen-bond donors (Lipinski definition) is 0. The Morgan fingerprint density at radius 1 is 1.31 bits per heavy atom. The number of aliphatic hydroxyl groups is 1. The van der Waals surface area contributed by atoms with Crippen LogP contribution in [0.15, 0.2) is 24.3 Å². The van der Waals surface area contributed by atoms with Gasteiger partial charge in [-0.15, -0.1) is 0 Å². The highest BCUT2D eigenvalue weighted by molar-refractivity contribution is 6.48. The van der Waals surface area contributed by atoms with Crippen LogP contribution in [0.5, 0.6) is 5.75 Å². The Balaban J connectivity index is 2.64. The van der Waals surface area contributed by atoms with Crippen molar-refractivity contribution in [3.63, 3.8) is 0 Å². The number of rotatable bonds is 4. The van der Waals surface area contributed by atoms with Crippen molar-refractivity contribution in [1.82, 2.24) is 0 Å². The van der Waals surface area contributed by atoms with Gasteiger partial charge in [0, 0.05) is 12.7 Å². The van der Waals surface area contributed by atoms with Crippen LogP contribution in [-0.2, 0) is 10.4 Å². The van der Waals surface area contributed by atoms with Gasteiger partial charge >= 0.3 is 0 Å². The van der Waals surface area contributed by atoms with Crippen molar-refractivity contribution in [2.45, 2.75) is 18.2 Å². The Kier molecular flexibility index (Phi) is 4.31. The average Bonchev–Trinajstić information content (AvgIpc) is 2.15. The van der Waals surface area contributed by atoms with Crippen molar-refractivity contribution >= 4 is 14.5 Å². The van der Waals surface area contributed by atoms with Gasteiger partial charge < -0.3 is 8.53 Å². The van der Waals surface area contributed by atoms with Crippen molar-refractivity contribution in [3.8, 4) is 5.75 Å². The topological polar surface area (TPSA) is 22.0 Å². The van der Waals surface area contributed by atoms with Crippen LogP contribution in [0.25, 0.3) is 0 Å². The zero-order valence-electron chi connectivity index (χ0n) is 8.45. The van der Waals surface area contributed by atoms with Crippen LogP contribution in [-0.4, -0.2) is 26.3 Å². The van der Waals surface area contributed by atoms with E-state index >= 15 is 0 Å². The highest BCUT2D eigenvalue weighted by Gasteiger charge is 2.03. The first-order chi connectivity index (χ1) is 6.24. The molecule has 0 heterocycles. The zero-order chi connectivity index (χ0) is 9.68. The van der Waals surface area contributed by atoms with Crippen LogP contribution in [0.1, 0.15) is 5.56 Å². The monoisotopic (exact) mass is 195 g/mol. The van der Waals surface area contributed by atoms with E-state index in [1.165, 1.54) is 5.56 Å². The molecular weight excluding hydrogens is 179 g/mol. The zero-order valence-corrected chi connectivity index (χ0v) is 9.60. The van der Waals surface area contributed by atoms with E-state index < -0.39 is 14.5 Å². The first-order valence-corrected chi connectivity index (χ1v) is 7.31. The molecule has 0 aromatic heterocycles. The fourth-order valence-corrected chi connectivity index (χ4v) is 1.62. The predicted molar refractivity (Wildman–Crippen MR) is 56.3 cm³/mol. The molecule has 71 valence electrons. The molecule has 1 N–H and O–H groups in total. The van der Waals surface area contributed by atoms with Crippen LogP contribution in [0.2, 0.25) is 11.6 Å². The standard InChI is InChI=1S/C8H9O2.2CH3.Al/c1-10-8-5-3-2-4-7(8)6-9;;;/h2-5H,6H2,1H3;2*1H3;/q-1;;;/p+1. The Labute approximate surface area is 84.2 Å². The highest BCUT2D eigenvalue weighted by atomic mass is 27.2. The van der Waals surface area contributed by atoms with E-state index in [9.17, 15) is 0 Å². The van der Waals surface area contributed by atoms with Crippen LogP contribution < -0.4 is 0 Å². The summed E-state index contributed by atoms with van der Waals surface area (Å²) in [7, 11) is 1.81. The first-order valence-electron chi connectivity index (χ1n) is 4.53. The van der Waals surface area contributed by atoms with Crippen molar-refractivity contribution in [2.24, 2.45) is 0 Å². The maximum absolute atomic E-state index is 5.65. The summed E-state index contributed by atoms with van der Waals surface area (Å²) in [6, 6.07) is 8.10. The lowest BCUT2D eigenvalue weighted by atomic mass is 10.2. The van der Waals surface area contributed by atoms with Crippen LogP contribution in [0.3, 0.4) is 0 Å². The summed E-state index contributed by atoms with van der Waals surface area (Å²) in [4.78, 5) is 0. The van der Waals surface area contributed by atoms with Gasteiger partial charge in [0.15, 0.2) is 7.11 Å². The van der Waals surface area contributed by atoms with E-state index in [0.717, 1.165) is 5.75 Å². The number of para-hydroxylation sites is 1. The minimum atomic E-state index is -0.914. The van der Waals surface area contributed by atoms with Crippen molar-refractivity contribution in [1.29, 1.82) is 0 Å². The van der Waals surface area contributed by atoms with E-state index in [2.05, 4.69) is 22.4 Å². The lowest BCUT2D eigenvalue weighted by Gasteiger charge is -2.17. The normalized spacial score (nSPS) is 10.5. The molecule has 0 amide bonds. The van der Waals surface area contributed by atoms with Gasteiger partial charge in [0.05, 0.1) is 5.56 Å². The number of aromatic hydroxyl groups is 1. The molecule has 0 aliphatic carbocycles. The lowest BCUT2D eigenvalue weighted by molar-refractivity contribution is 0.130. The third-order valence-electron chi connectivity index (χ3n) is 1.80. The smallest absolute Gasteiger partial charge is 0.259 e. The quantitative estimate of drug-likeness (QED) is 0.534. The molecule has 0 atom stereocenters. The van der Waals surface area contributed by atoms with E-state index in [1.807, 2.05) is 25.3 Å². The Morgan fingerprint density at radius 2 is 2.00 bits per heavy atom. The maximum Gasteiger partial charge on any atom is 0.259 e. The van der Waals surface area contributed by atoms with Gasteiger partial charge in [0.2, 0.25) is 0 Å². The van der Waals surface area contributed by atoms with E-state index in [1.54, 1.807) is 0 Å². The lowest BCUT2D eigenvalue weighted by Crippen LogP contribution is -2.07. The molecule has 0 spiro atoms. The molecule has 0 saturated carbocycles. The molecular formula is C10H16AlO2. The molecule has 13 heavy (non-hydrogen) atoms. The van der Waals surface area contributed by atoms with Crippen molar-refractivity contribution in [3.05, 3.63) is 29.8 Å². The predicted octanol–water partition coefficient (Wildman–Crippen LogP) is 2.33. The summed E-state index contributed by atoms with van der Waals surface area (Å²) in [5.74, 6) is 5.38. The summed E-state index contributed by atoms with van der Waals surface area (Å²) in [5.41, 5.74) is 1.19. The van der Waals surface area contributed by atoms with Crippen molar-refractivity contribution < 1.29 is 8.53 Å². The summed E-state index contributed by atoms with van der Waals surface area (Å²) >= 11 is -0.914. The van der Waals surface area contributed by atoms with Gasteiger partial charge in [-0.05, 0) is 6.07 Å². The molecule has 0 aliphatic rings. The van der Waals surface area contributed by atoms with Gasteiger partial charge in [0.1, 0.15) is 14.5 Å². The molecule has 1 aromatic rings. The van der Waals surface area contributed by atoms with Crippen molar-refractivity contribution in [2.75, 3.05) is 7.11 Å². The fraction of sp³-hybridized carbons (Fsp3) is 0.400. The molecule has 0 unspecified atom stereocenters. The molecule has 1 rings (SSSR count). The average molecular weight is 195 g/mol. The fourth-order valence-electron chi connectivity index (χ4n) is 1.11. The second-order valence-corrected chi connectivity index (χ2v) is 5.64. The highest BCUT2D eigenvalue weighted by Crippen LogP contribution is 2.18. The number of hydrogen-bond acceptors (Lipinski definition) is 1. The van der Waals surface area contributed by atoms with Gasteiger partial charge in [-0.3, -0.25) is 0 Å². The minimum absolute atomic E-state index is 0.706. The van der Waals surface area contributed by atoms with Crippen LogP contribution in [0, 0.1) is 0 Å². The summed E-state index contributed by atoms with van der Waals surface area (Å²) in [6.07, 6.45) is 0. The van der Waals surface area contributed by atoms with Gasteiger partial charge in [-0.1, -0.05) is 12.1 Å². The van der Waals surface area contributed by atoms with Gasteiger partial charge in [-0.25, -0.2) is 11.6 Å². The third-order valence-corrected chi connectivity index (χ3v) is 2.64. The van der Waals surface area contributed by atoms with E-state index in [-0.39, 0.29) is 0 Å². The number of ether oxygens (including phenoxy) is 1. The Bertz CT molecular complexity index is 261. The summed E-state index contributed by atoms with van der Waals surface area (Å²) in [6.45, 7) is 0.706. The Hall–Kier alpha value is -0.488. The molecule has 0 saturated heterocycles. The molecule has 0 aliphatic heterocycles. The second kappa shape index (κ2) is 5.29. The minimum Gasteiger partial charge on any atom is -0.675 e. The molecule has 3 heteroatoms. The van der Waals surface area contributed by atoms with Gasteiger partial charge in [0.25, 0.3) is 5.75 Å². The largest absolute Gasteiger partial charge is 0.675 e. The third kappa shape index (κ3) is 3.40. The molecule has 0 bridgehead atoms. The molecule has 1 radical (unpaired) electrons. The Morgan fingerprint density at radius 3 is 2.62 bits per heavy atom. The van der Waals surface area contributed by atoms with Crippen LogP contribution in [0.4, 0.5) is 0 Å². The maximum atomic E-state index is 5.65. The van der Waals surface area contributed by atoms with E-state index in [0.29, 0.717) is 6.61 Å². The summed E-state index contributed by atoms with van der Waals surface area (Å²) in [5, 5.41) is 0. The first kappa shape index (κ1) is 10.6. The van der Waals surface area contributed by atoms with Gasteiger partial charge in [-0.2, -0.15) is 0 Å². The molecule has 2 nitrogen and oxygen atoms in total. The molecule has 1 aromatic carbocycles. The number of benzene rings is 1. The summed E-state index contributed by atoms with van der Waals surface area (Å²) < 4.78 is 9.83. The second-order valence-electron chi connectivity index (χ2n) is 3.21. The van der Waals surface area contributed by atoms with Crippen LogP contribution >= 0.6 is 0 Å². The van der Waals surface area contributed by atoms with E-state index in [4.69, 9.17) is 3.79 Å². The molecule has 0 fully saturated rings.